The van der Waals surface area contributed by atoms with Crippen LogP contribution in [0, 0.1) is 37.0 Å². The molecular formula is C22H29NO3. The molecule has 1 amide bonds. The number of carboxylic acids is 1. The third-order valence-corrected chi connectivity index (χ3v) is 7.18. The van der Waals surface area contributed by atoms with Crippen molar-refractivity contribution < 1.29 is 14.7 Å². The molecule has 1 aromatic carbocycles. The van der Waals surface area contributed by atoms with Crippen LogP contribution in [0.25, 0.3) is 0 Å². The summed E-state index contributed by atoms with van der Waals surface area (Å²) in [5.41, 5.74) is 2.90. The molecule has 4 bridgehead atoms. The topological polar surface area (TPSA) is 66.4 Å². The highest BCUT2D eigenvalue weighted by Gasteiger charge is 2.54. The first-order chi connectivity index (χ1) is 12.4. The molecule has 4 heteroatoms. The molecule has 0 spiro atoms. The fourth-order valence-electron chi connectivity index (χ4n) is 6.28. The molecule has 0 aliphatic heterocycles. The summed E-state index contributed by atoms with van der Waals surface area (Å²) in [6.07, 6.45) is 7.06. The molecule has 4 fully saturated rings. The van der Waals surface area contributed by atoms with Gasteiger partial charge in [0, 0.05) is 11.8 Å². The van der Waals surface area contributed by atoms with Crippen LogP contribution < -0.4 is 5.32 Å². The number of carbonyl (C=O) groups excluding carboxylic acids is 1. The molecule has 4 nitrogen and oxygen atoms in total. The van der Waals surface area contributed by atoms with E-state index in [1.807, 2.05) is 32.0 Å². The first-order valence-corrected chi connectivity index (χ1v) is 9.95. The Morgan fingerprint density at radius 2 is 1.58 bits per heavy atom. The van der Waals surface area contributed by atoms with Gasteiger partial charge in [0.25, 0.3) is 0 Å². The molecular weight excluding hydrogens is 326 g/mol. The van der Waals surface area contributed by atoms with Gasteiger partial charge in [0.1, 0.15) is 6.04 Å². The Labute approximate surface area is 155 Å². The molecule has 26 heavy (non-hydrogen) atoms. The molecule has 0 radical (unpaired) electrons. The number of hydrogen-bond acceptors (Lipinski definition) is 2. The average Bonchev–Trinajstić information content (AvgIpc) is 2.55. The molecule has 4 saturated carbocycles. The number of carbonyl (C=O) groups is 2. The summed E-state index contributed by atoms with van der Waals surface area (Å²) >= 11 is 0. The van der Waals surface area contributed by atoms with Gasteiger partial charge in [-0.25, -0.2) is 4.79 Å². The zero-order valence-corrected chi connectivity index (χ0v) is 15.8. The molecule has 2 N–H and O–H groups in total. The Kier molecular flexibility index (Phi) is 4.32. The predicted octanol–water partition coefficient (Wildman–Crippen LogP) is 3.63. The van der Waals surface area contributed by atoms with E-state index < -0.39 is 12.0 Å². The number of hydrogen-bond donors (Lipinski definition) is 2. The van der Waals surface area contributed by atoms with Crippen molar-refractivity contribution in [2.24, 2.45) is 23.2 Å². The van der Waals surface area contributed by atoms with Crippen molar-refractivity contribution in [1.29, 1.82) is 0 Å². The summed E-state index contributed by atoms with van der Waals surface area (Å²) in [4.78, 5) is 25.1. The maximum Gasteiger partial charge on any atom is 0.326 e. The molecule has 1 aromatic rings. The number of aryl methyl sites for hydroxylation is 2. The van der Waals surface area contributed by atoms with Crippen LogP contribution in [0.2, 0.25) is 0 Å². The fourth-order valence-corrected chi connectivity index (χ4v) is 6.28. The highest BCUT2D eigenvalue weighted by atomic mass is 16.4. The Balaban J connectivity index is 1.52. The van der Waals surface area contributed by atoms with Gasteiger partial charge in [-0.1, -0.05) is 18.2 Å². The summed E-state index contributed by atoms with van der Waals surface area (Å²) in [7, 11) is 0. The molecule has 140 valence electrons. The molecule has 1 atom stereocenters. The molecule has 0 heterocycles. The van der Waals surface area contributed by atoms with Gasteiger partial charge in [0.2, 0.25) is 5.91 Å². The number of aliphatic carboxylic acids is 1. The van der Waals surface area contributed by atoms with E-state index in [1.165, 1.54) is 19.3 Å². The van der Waals surface area contributed by atoms with Gasteiger partial charge in [-0.15, -0.1) is 0 Å². The second-order valence-corrected chi connectivity index (χ2v) is 9.14. The molecule has 0 aromatic heterocycles. The standard InChI is InChI=1S/C22H29NO3/c1-13-4-3-5-14(2)18(13)9-19(20(24)25)23-21(26)22-10-15-6-16(11-22)8-17(7-15)12-22/h3-5,15-17,19H,6-12H2,1-2H3,(H,23,26)(H,24,25)/t15?,16?,17?,19-,22?/m1/s1. The van der Waals surface area contributed by atoms with E-state index in [0.717, 1.165) is 36.0 Å². The molecule has 0 unspecified atom stereocenters. The highest BCUT2D eigenvalue weighted by molar-refractivity contribution is 5.88. The Morgan fingerprint density at radius 3 is 2.04 bits per heavy atom. The van der Waals surface area contributed by atoms with Gasteiger partial charge in [-0.2, -0.15) is 0 Å². The van der Waals surface area contributed by atoms with Crippen molar-refractivity contribution in [2.45, 2.75) is 64.8 Å². The van der Waals surface area contributed by atoms with E-state index in [9.17, 15) is 14.7 Å². The van der Waals surface area contributed by atoms with Crippen molar-refractivity contribution in [3.8, 4) is 0 Å². The zero-order valence-electron chi connectivity index (χ0n) is 15.8. The molecule has 4 aliphatic rings. The maximum absolute atomic E-state index is 13.2. The van der Waals surface area contributed by atoms with Crippen molar-refractivity contribution in [2.75, 3.05) is 0 Å². The highest BCUT2D eigenvalue weighted by Crippen LogP contribution is 2.60. The van der Waals surface area contributed by atoms with E-state index in [4.69, 9.17) is 0 Å². The lowest BCUT2D eigenvalue weighted by Crippen LogP contribution is -2.56. The smallest absolute Gasteiger partial charge is 0.326 e. The van der Waals surface area contributed by atoms with Crippen LogP contribution in [0.15, 0.2) is 18.2 Å². The van der Waals surface area contributed by atoms with E-state index in [0.29, 0.717) is 24.2 Å². The minimum Gasteiger partial charge on any atom is -0.480 e. The lowest BCUT2D eigenvalue weighted by molar-refractivity contribution is -0.151. The second-order valence-electron chi connectivity index (χ2n) is 9.14. The maximum atomic E-state index is 13.2. The number of benzene rings is 1. The van der Waals surface area contributed by atoms with Crippen LogP contribution >= 0.6 is 0 Å². The minimum atomic E-state index is -0.939. The number of nitrogens with one attached hydrogen (secondary N) is 1. The molecule has 4 aliphatic carbocycles. The average molecular weight is 355 g/mol. The summed E-state index contributed by atoms with van der Waals surface area (Å²) in [6, 6.07) is 5.14. The van der Waals surface area contributed by atoms with E-state index in [-0.39, 0.29) is 11.3 Å². The van der Waals surface area contributed by atoms with Crippen molar-refractivity contribution >= 4 is 11.9 Å². The lowest BCUT2D eigenvalue weighted by Gasteiger charge is -2.55. The quantitative estimate of drug-likeness (QED) is 0.847. The Morgan fingerprint density at radius 1 is 1.08 bits per heavy atom. The third-order valence-electron chi connectivity index (χ3n) is 7.18. The monoisotopic (exact) mass is 355 g/mol. The van der Waals surface area contributed by atoms with Gasteiger partial charge in [-0.3, -0.25) is 4.79 Å². The summed E-state index contributed by atoms with van der Waals surface area (Å²) in [5, 5.41) is 12.7. The van der Waals surface area contributed by atoms with E-state index >= 15 is 0 Å². The van der Waals surface area contributed by atoms with E-state index in [1.54, 1.807) is 0 Å². The van der Waals surface area contributed by atoms with Crippen molar-refractivity contribution in [3.63, 3.8) is 0 Å². The summed E-state index contributed by atoms with van der Waals surface area (Å²) < 4.78 is 0. The van der Waals surface area contributed by atoms with Crippen LogP contribution in [-0.2, 0) is 16.0 Å². The number of rotatable bonds is 5. The largest absolute Gasteiger partial charge is 0.480 e. The SMILES string of the molecule is Cc1cccc(C)c1C[C@@H](NC(=O)C12CC3CC(CC(C3)C1)C2)C(=O)O. The zero-order chi connectivity index (χ0) is 18.5. The first-order valence-electron chi connectivity index (χ1n) is 9.95. The van der Waals surface area contributed by atoms with Gasteiger partial charge in [0.05, 0.1) is 0 Å². The van der Waals surface area contributed by atoms with Gasteiger partial charge in [-0.05, 0) is 86.8 Å². The van der Waals surface area contributed by atoms with Crippen LogP contribution in [0.5, 0.6) is 0 Å². The minimum absolute atomic E-state index is 0.00441. The third kappa shape index (κ3) is 3.04. The lowest BCUT2D eigenvalue weighted by atomic mass is 9.49. The van der Waals surface area contributed by atoms with Crippen LogP contribution in [0.1, 0.15) is 55.2 Å². The summed E-state index contributed by atoms with van der Waals surface area (Å²) in [5.74, 6) is 1.08. The Bertz CT molecular complexity index is 683. The normalized spacial score (nSPS) is 33.1. The van der Waals surface area contributed by atoms with Crippen LogP contribution in [0.4, 0.5) is 0 Å². The Hall–Kier alpha value is -1.84. The van der Waals surface area contributed by atoms with E-state index in [2.05, 4.69) is 5.32 Å². The number of carboxylic acid groups (broad SMARTS) is 1. The molecule has 0 saturated heterocycles. The van der Waals surface area contributed by atoms with Crippen molar-refractivity contribution in [1.82, 2.24) is 5.32 Å². The van der Waals surface area contributed by atoms with Crippen LogP contribution in [0.3, 0.4) is 0 Å². The van der Waals surface area contributed by atoms with Crippen LogP contribution in [-0.4, -0.2) is 23.0 Å². The molecule has 5 rings (SSSR count). The second kappa shape index (κ2) is 6.40. The first kappa shape index (κ1) is 17.6. The predicted molar refractivity (Wildman–Crippen MR) is 99.8 cm³/mol. The summed E-state index contributed by atoms with van der Waals surface area (Å²) in [6.45, 7) is 4.00. The fraction of sp³-hybridized carbons (Fsp3) is 0.636. The van der Waals surface area contributed by atoms with Gasteiger partial charge >= 0.3 is 5.97 Å². The van der Waals surface area contributed by atoms with Crippen molar-refractivity contribution in [3.05, 3.63) is 34.9 Å². The van der Waals surface area contributed by atoms with Gasteiger partial charge in [0.15, 0.2) is 0 Å². The van der Waals surface area contributed by atoms with Gasteiger partial charge < -0.3 is 10.4 Å². The number of amides is 1.